The monoisotopic (exact) mass is 398 g/mol. The first-order valence-electron chi connectivity index (χ1n) is 12.0. The third-order valence-corrected chi connectivity index (χ3v) is 5.34. The lowest BCUT2D eigenvalue weighted by Gasteiger charge is -2.04. The predicted molar refractivity (Wildman–Crippen MR) is 117 cm³/mol. The number of hydrogen-bond donors (Lipinski definition) is 1. The van der Waals surface area contributed by atoms with E-state index in [9.17, 15) is 9.59 Å². The summed E-state index contributed by atoms with van der Waals surface area (Å²) in [6.07, 6.45) is 25.5. The Morgan fingerprint density at radius 1 is 0.571 bits per heavy atom. The van der Waals surface area contributed by atoms with Gasteiger partial charge in [-0.3, -0.25) is 4.79 Å². The molecule has 4 nitrogen and oxygen atoms in total. The molecule has 0 aromatic heterocycles. The van der Waals surface area contributed by atoms with E-state index in [1.165, 1.54) is 103 Å². The Kier molecular flexibility index (Phi) is 21.4. The van der Waals surface area contributed by atoms with Crippen molar-refractivity contribution in [3.8, 4) is 0 Å². The van der Waals surface area contributed by atoms with E-state index in [1.54, 1.807) is 0 Å². The van der Waals surface area contributed by atoms with Crippen LogP contribution in [-0.4, -0.2) is 23.7 Å². The van der Waals surface area contributed by atoms with E-state index in [-0.39, 0.29) is 0 Å². The normalized spacial score (nSPS) is 10.9. The maximum absolute atomic E-state index is 11.2. The molecule has 1 N–H and O–H groups in total. The van der Waals surface area contributed by atoms with E-state index in [0.717, 1.165) is 19.3 Å². The minimum atomic E-state index is -1.10. The molecule has 0 spiro atoms. The highest BCUT2D eigenvalue weighted by Crippen LogP contribution is 2.14. The molecule has 0 aliphatic rings. The highest BCUT2D eigenvalue weighted by atomic mass is 16.5. The highest BCUT2D eigenvalue weighted by Gasteiger charge is 2.05. The zero-order valence-corrected chi connectivity index (χ0v) is 18.5. The topological polar surface area (TPSA) is 63.6 Å². The van der Waals surface area contributed by atoms with Crippen LogP contribution in [0.5, 0.6) is 0 Å². The van der Waals surface area contributed by atoms with Crippen LogP contribution >= 0.6 is 0 Å². The smallest absolute Gasteiger partial charge is 0.341 e. The number of hydrogen-bond acceptors (Lipinski definition) is 3. The molecule has 0 bridgehead atoms. The van der Waals surface area contributed by atoms with E-state index in [4.69, 9.17) is 5.11 Å². The standard InChI is InChI=1S/C24H46O4/c1-2-3-4-5-6-7-8-9-10-11-12-13-14-15-16-17-18-19-20-21-24(27)28-22-23(25)26/h2-22H2,1H3,(H,25,26). The zero-order valence-electron chi connectivity index (χ0n) is 18.5. The first kappa shape index (κ1) is 26.9. The quantitative estimate of drug-likeness (QED) is 0.152. The largest absolute Gasteiger partial charge is 0.479 e. The molecule has 0 aliphatic heterocycles. The lowest BCUT2D eigenvalue weighted by atomic mass is 10.0. The van der Waals surface area contributed by atoms with Crippen LogP contribution in [0.2, 0.25) is 0 Å². The molecule has 0 saturated heterocycles. The number of aliphatic carboxylic acids is 1. The van der Waals surface area contributed by atoms with Crippen molar-refractivity contribution >= 4 is 11.9 Å². The molecule has 0 unspecified atom stereocenters. The average molecular weight is 399 g/mol. The van der Waals surface area contributed by atoms with Crippen LogP contribution in [0.3, 0.4) is 0 Å². The van der Waals surface area contributed by atoms with Crippen molar-refractivity contribution in [3.63, 3.8) is 0 Å². The lowest BCUT2D eigenvalue weighted by Crippen LogP contribution is -2.12. The third-order valence-electron chi connectivity index (χ3n) is 5.34. The Balaban J connectivity index is 3.08. The fraction of sp³-hybridized carbons (Fsp3) is 0.917. The van der Waals surface area contributed by atoms with Gasteiger partial charge in [0.25, 0.3) is 0 Å². The summed E-state index contributed by atoms with van der Waals surface area (Å²) < 4.78 is 4.60. The van der Waals surface area contributed by atoms with Gasteiger partial charge in [-0.2, -0.15) is 0 Å². The van der Waals surface area contributed by atoms with Crippen LogP contribution < -0.4 is 0 Å². The van der Waals surface area contributed by atoms with E-state index < -0.39 is 18.5 Å². The molecule has 0 aromatic carbocycles. The van der Waals surface area contributed by atoms with Gasteiger partial charge in [-0.1, -0.05) is 122 Å². The van der Waals surface area contributed by atoms with Crippen LogP contribution in [0, 0.1) is 0 Å². The fourth-order valence-corrected chi connectivity index (χ4v) is 3.56. The molecule has 166 valence electrons. The molecule has 0 rings (SSSR count). The first-order valence-corrected chi connectivity index (χ1v) is 12.0. The van der Waals surface area contributed by atoms with Gasteiger partial charge in [-0.05, 0) is 6.42 Å². The van der Waals surface area contributed by atoms with Gasteiger partial charge in [0.15, 0.2) is 6.61 Å². The van der Waals surface area contributed by atoms with Crippen LogP contribution in [0.1, 0.15) is 135 Å². The summed E-state index contributed by atoms with van der Waals surface area (Å²) >= 11 is 0. The van der Waals surface area contributed by atoms with Crippen molar-refractivity contribution in [2.45, 2.75) is 135 Å². The number of unbranched alkanes of at least 4 members (excludes halogenated alkanes) is 18. The van der Waals surface area contributed by atoms with E-state index in [1.807, 2.05) is 0 Å². The SMILES string of the molecule is CCCCCCCCCCCCCCCCCCCCCC(=O)OCC(=O)O. The number of carbonyl (C=O) groups is 2. The van der Waals surface area contributed by atoms with Crippen LogP contribution in [0.25, 0.3) is 0 Å². The molecule has 28 heavy (non-hydrogen) atoms. The Bertz CT molecular complexity index is 355. The summed E-state index contributed by atoms with van der Waals surface area (Å²) in [6.45, 7) is 1.76. The van der Waals surface area contributed by atoms with Gasteiger partial charge in [0.1, 0.15) is 0 Å². The minimum absolute atomic E-state index is 0.339. The van der Waals surface area contributed by atoms with Crippen molar-refractivity contribution < 1.29 is 19.4 Å². The number of rotatable bonds is 22. The van der Waals surface area contributed by atoms with Crippen LogP contribution in [-0.2, 0) is 14.3 Å². The third kappa shape index (κ3) is 23.0. The second-order valence-electron chi connectivity index (χ2n) is 8.17. The van der Waals surface area contributed by atoms with Gasteiger partial charge in [-0.15, -0.1) is 0 Å². The zero-order chi connectivity index (χ0) is 20.7. The van der Waals surface area contributed by atoms with Gasteiger partial charge in [0.2, 0.25) is 0 Å². The molecule has 0 fully saturated rings. The molecular weight excluding hydrogens is 352 g/mol. The highest BCUT2D eigenvalue weighted by molar-refractivity contribution is 5.75. The predicted octanol–water partition coefficient (Wildman–Crippen LogP) is 7.44. The molecule has 0 aromatic rings. The van der Waals surface area contributed by atoms with Gasteiger partial charge >= 0.3 is 11.9 Å². The van der Waals surface area contributed by atoms with Crippen LogP contribution in [0.15, 0.2) is 0 Å². The van der Waals surface area contributed by atoms with Gasteiger partial charge < -0.3 is 9.84 Å². The Labute approximate surface area is 173 Å². The van der Waals surface area contributed by atoms with Gasteiger partial charge in [-0.25, -0.2) is 4.79 Å². The Hall–Kier alpha value is -1.06. The summed E-state index contributed by atoms with van der Waals surface area (Å²) in [5, 5.41) is 8.42. The molecule has 4 heteroatoms. The van der Waals surface area contributed by atoms with E-state index in [2.05, 4.69) is 11.7 Å². The number of carboxylic acid groups (broad SMARTS) is 1. The number of ether oxygens (including phenoxy) is 1. The fourth-order valence-electron chi connectivity index (χ4n) is 3.56. The summed E-state index contributed by atoms with van der Waals surface area (Å²) in [6, 6.07) is 0. The van der Waals surface area contributed by atoms with Crippen molar-refractivity contribution in [1.82, 2.24) is 0 Å². The number of esters is 1. The number of carbonyl (C=O) groups excluding carboxylic acids is 1. The van der Waals surface area contributed by atoms with Crippen molar-refractivity contribution in [3.05, 3.63) is 0 Å². The van der Waals surface area contributed by atoms with E-state index in [0.29, 0.717) is 6.42 Å². The molecular formula is C24H46O4. The molecule has 0 aliphatic carbocycles. The second-order valence-corrected chi connectivity index (χ2v) is 8.17. The summed E-state index contributed by atoms with van der Waals surface area (Å²) in [5.41, 5.74) is 0. The molecule has 0 atom stereocenters. The Morgan fingerprint density at radius 3 is 1.21 bits per heavy atom. The van der Waals surface area contributed by atoms with Crippen molar-refractivity contribution in [2.24, 2.45) is 0 Å². The maximum Gasteiger partial charge on any atom is 0.341 e. The second kappa shape index (κ2) is 22.2. The summed E-state index contributed by atoms with van der Waals surface area (Å²) in [5.74, 6) is -1.49. The Morgan fingerprint density at radius 2 is 0.893 bits per heavy atom. The summed E-state index contributed by atoms with van der Waals surface area (Å²) in [7, 11) is 0. The molecule has 0 heterocycles. The van der Waals surface area contributed by atoms with Crippen molar-refractivity contribution in [1.29, 1.82) is 0 Å². The lowest BCUT2D eigenvalue weighted by molar-refractivity contribution is -0.155. The average Bonchev–Trinajstić information content (AvgIpc) is 2.68. The number of carboxylic acids is 1. The first-order chi connectivity index (χ1) is 13.7. The van der Waals surface area contributed by atoms with E-state index >= 15 is 0 Å². The van der Waals surface area contributed by atoms with Gasteiger partial charge in [0, 0.05) is 6.42 Å². The molecule has 0 saturated carbocycles. The molecule has 0 amide bonds. The van der Waals surface area contributed by atoms with Crippen molar-refractivity contribution in [2.75, 3.05) is 6.61 Å². The van der Waals surface area contributed by atoms with Gasteiger partial charge in [0.05, 0.1) is 0 Å². The van der Waals surface area contributed by atoms with Crippen LogP contribution in [0.4, 0.5) is 0 Å². The minimum Gasteiger partial charge on any atom is -0.479 e. The maximum atomic E-state index is 11.2. The summed E-state index contributed by atoms with van der Waals surface area (Å²) in [4.78, 5) is 21.5. The molecule has 0 radical (unpaired) electrons.